The van der Waals surface area contributed by atoms with Gasteiger partial charge in [0.25, 0.3) is 5.91 Å². The number of carbonyl (C=O) groups is 2. The van der Waals surface area contributed by atoms with Crippen LogP contribution in [0.1, 0.15) is 25.3 Å². The minimum absolute atomic E-state index is 0.0144. The normalized spacial score (nSPS) is 12.8. The first-order valence-corrected chi connectivity index (χ1v) is 12.3. The highest BCUT2D eigenvalue weighted by Gasteiger charge is 2.19. The molecule has 1 aliphatic rings. The molecule has 0 spiro atoms. The topological polar surface area (TPSA) is 111 Å². The number of ether oxygens (including phenoxy) is 3. The van der Waals surface area contributed by atoms with E-state index < -0.39 is 34.3 Å². The van der Waals surface area contributed by atoms with Gasteiger partial charge in [0.2, 0.25) is 10.0 Å². The van der Waals surface area contributed by atoms with Crippen LogP contribution in [-0.4, -0.2) is 58.1 Å². The molecular weight excluding hydrogens is 467 g/mol. The summed E-state index contributed by atoms with van der Waals surface area (Å²) < 4.78 is 56.5. The number of hydrogen-bond acceptors (Lipinski definition) is 7. The molecule has 0 radical (unpaired) electrons. The third kappa shape index (κ3) is 7.16. The molecular formula is C23H27FN2O7S. The highest BCUT2D eigenvalue weighted by Crippen LogP contribution is 2.32. The molecule has 1 amide bonds. The number of likely N-dealkylation sites (N-methyl/N-ethyl adjacent to an activating group) is 1. The molecule has 2 aromatic rings. The average Bonchev–Trinajstić information content (AvgIpc) is 2.83. The molecule has 0 aromatic heterocycles. The van der Waals surface area contributed by atoms with E-state index in [1.54, 1.807) is 19.1 Å². The van der Waals surface area contributed by atoms with Gasteiger partial charge in [-0.15, -0.1) is 0 Å². The lowest BCUT2D eigenvalue weighted by Crippen LogP contribution is -2.34. The van der Waals surface area contributed by atoms with E-state index >= 15 is 0 Å². The molecule has 0 unspecified atom stereocenters. The first-order chi connectivity index (χ1) is 16.3. The predicted molar refractivity (Wildman–Crippen MR) is 120 cm³/mol. The van der Waals surface area contributed by atoms with Crippen LogP contribution in [0.3, 0.4) is 0 Å². The maximum Gasteiger partial charge on any atom is 0.306 e. The maximum atomic E-state index is 13.3. The Morgan fingerprint density at radius 2 is 1.88 bits per heavy atom. The fourth-order valence-electron chi connectivity index (χ4n) is 3.25. The van der Waals surface area contributed by atoms with Crippen LogP contribution in [0.15, 0.2) is 47.4 Å². The van der Waals surface area contributed by atoms with E-state index in [0.717, 1.165) is 0 Å². The zero-order valence-corrected chi connectivity index (χ0v) is 19.6. The Morgan fingerprint density at radius 3 is 2.62 bits per heavy atom. The summed E-state index contributed by atoms with van der Waals surface area (Å²) in [5.41, 5.74) is 0.631. The number of carbonyl (C=O) groups excluding carboxylic acids is 2. The van der Waals surface area contributed by atoms with Gasteiger partial charge in [-0.1, -0.05) is 12.1 Å². The monoisotopic (exact) mass is 494 g/mol. The number of halogens is 1. The Hall–Kier alpha value is -3.18. The summed E-state index contributed by atoms with van der Waals surface area (Å²) in [6.07, 6.45) is 0.130. The van der Waals surface area contributed by atoms with Crippen LogP contribution in [0, 0.1) is 5.82 Å². The second kappa shape index (κ2) is 11.8. The lowest BCUT2D eigenvalue weighted by molar-refractivity contribution is -0.152. The number of fused-ring (bicyclic) bond motifs is 1. The molecule has 1 N–H and O–H groups in total. The molecule has 9 nitrogen and oxygen atoms in total. The summed E-state index contributed by atoms with van der Waals surface area (Å²) in [7, 11) is -3.79. The van der Waals surface area contributed by atoms with E-state index in [-0.39, 0.29) is 30.8 Å². The van der Waals surface area contributed by atoms with Gasteiger partial charge < -0.3 is 19.1 Å². The van der Waals surface area contributed by atoms with Crippen molar-refractivity contribution >= 4 is 21.9 Å². The van der Waals surface area contributed by atoms with Crippen LogP contribution in [0.4, 0.5) is 4.39 Å². The van der Waals surface area contributed by atoms with Gasteiger partial charge in [-0.3, -0.25) is 9.59 Å². The Morgan fingerprint density at radius 1 is 1.12 bits per heavy atom. The van der Waals surface area contributed by atoms with E-state index in [1.165, 1.54) is 35.2 Å². The molecule has 34 heavy (non-hydrogen) atoms. The number of rotatable bonds is 11. The average molecular weight is 495 g/mol. The van der Waals surface area contributed by atoms with Gasteiger partial charge in [0, 0.05) is 32.1 Å². The minimum Gasteiger partial charge on any atom is -0.486 e. The highest BCUT2D eigenvalue weighted by atomic mass is 32.2. The van der Waals surface area contributed by atoms with Gasteiger partial charge in [-0.05, 0) is 43.2 Å². The summed E-state index contributed by atoms with van der Waals surface area (Å²) in [4.78, 5) is 25.8. The summed E-state index contributed by atoms with van der Waals surface area (Å²) >= 11 is 0. The standard InChI is InChI=1S/C23H27FN2O7S/c1-2-26(15-17-5-3-6-18(24)13-17)22(27)16-33-23(28)7-4-10-25-34(29,30)19-8-9-20-21(14-19)32-12-11-31-20/h3,5-6,8-9,13-14,25H,2,4,7,10-12,15-16H2,1H3. The van der Waals surface area contributed by atoms with Crippen LogP contribution in [0.25, 0.3) is 0 Å². The third-order valence-electron chi connectivity index (χ3n) is 5.03. The predicted octanol–water partition coefficient (Wildman–Crippen LogP) is 2.25. The van der Waals surface area contributed by atoms with Crippen molar-refractivity contribution in [2.75, 3.05) is 32.9 Å². The van der Waals surface area contributed by atoms with E-state index in [1.807, 2.05) is 0 Å². The van der Waals surface area contributed by atoms with Gasteiger partial charge in [-0.25, -0.2) is 17.5 Å². The Bertz CT molecular complexity index is 1120. The first kappa shape index (κ1) is 25.4. The number of nitrogens with zero attached hydrogens (tertiary/aromatic N) is 1. The van der Waals surface area contributed by atoms with E-state index in [0.29, 0.717) is 36.8 Å². The lowest BCUT2D eigenvalue weighted by Gasteiger charge is -2.21. The van der Waals surface area contributed by atoms with Crippen LogP contribution in [0.2, 0.25) is 0 Å². The molecule has 184 valence electrons. The number of esters is 1. The summed E-state index contributed by atoms with van der Waals surface area (Å²) in [5.74, 6) is -0.564. The Labute approximate surface area is 197 Å². The van der Waals surface area contributed by atoms with E-state index in [2.05, 4.69) is 4.72 Å². The molecule has 0 bridgehead atoms. The Balaban J connectivity index is 1.39. The minimum atomic E-state index is -3.79. The molecule has 0 atom stereocenters. The number of amides is 1. The van der Waals surface area contributed by atoms with Crippen LogP contribution in [0.5, 0.6) is 11.5 Å². The fourth-order valence-corrected chi connectivity index (χ4v) is 4.34. The highest BCUT2D eigenvalue weighted by molar-refractivity contribution is 7.89. The second-order valence-electron chi connectivity index (χ2n) is 7.51. The molecule has 2 aromatic carbocycles. The van der Waals surface area contributed by atoms with Crippen molar-refractivity contribution in [1.29, 1.82) is 0 Å². The van der Waals surface area contributed by atoms with Crippen molar-refractivity contribution in [3.63, 3.8) is 0 Å². The van der Waals surface area contributed by atoms with Crippen molar-refractivity contribution in [2.45, 2.75) is 31.2 Å². The molecule has 0 fully saturated rings. The molecule has 1 aliphatic heterocycles. The number of benzene rings is 2. The SMILES string of the molecule is CCN(Cc1cccc(F)c1)C(=O)COC(=O)CCCNS(=O)(=O)c1ccc2c(c1)OCCO2. The number of sulfonamides is 1. The molecule has 0 saturated heterocycles. The van der Waals surface area contributed by atoms with Crippen LogP contribution >= 0.6 is 0 Å². The van der Waals surface area contributed by atoms with Crippen molar-refractivity contribution in [3.8, 4) is 11.5 Å². The maximum absolute atomic E-state index is 13.3. The van der Waals surface area contributed by atoms with Crippen molar-refractivity contribution in [1.82, 2.24) is 9.62 Å². The Kier molecular flexibility index (Phi) is 8.83. The number of hydrogen-bond donors (Lipinski definition) is 1. The van der Waals surface area contributed by atoms with Gasteiger partial charge in [-0.2, -0.15) is 0 Å². The van der Waals surface area contributed by atoms with E-state index in [4.69, 9.17) is 14.2 Å². The molecule has 3 rings (SSSR count). The van der Waals surface area contributed by atoms with Gasteiger partial charge in [0.15, 0.2) is 18.1 Å². The lowest BCUT2D eigenvalue weighted by atomic mass is 10.2. The van der Waals surface area contributed by atoms with Gasteiger partial charge in [0.1, 0.15) is 19.0 Å². The second-order valence-corrected chi connectivity index (χ2v) is 9.27. The zero-order valence-electron chi connectivity index (χ0n) is 18.8. The molecule has 0 saturated carbocycles. The third-order valence-corrected chi connectivity index (χ3v) is 6.49. The van der Waals surface area contributed by atoms with Crippen molar-refractivity contribution in [2.24, 2.45) is 0 Å². The van der Waals surface area contributed by atoms with Gasteiger partial charge in [0.05, 0.1) is 4.90 Å². The van der Waals surface area contributed by atoms with Crippen LogP contribution in [-0.2, 0) is 30.9 Å². The molecule has 1 heterocycles. The van der Waals surface area contributed by atoms with Gasteiger partial charge >= 0.3 is 5.97 Å². The first-order valence-electron chi connectivity index (χ1n) is 10.9. The zero-order chi connectivity index (χ0) is 24.6. The van der Waals surface area contributed by atoms with Crippen molar-refractivity contribution < 1.29 is 36.6 Å². The smallest absolute Gasteiger partial charge is 0.306 e. The molecule has 11 heteroatoms. The summed E-state index contributed by atoms with van der Waals surface area (Å²) in [6.45, 7) is 2.66. The van der Waals surface area contributed by atoms with Crippen LogP contribution < -0.4 is 14.2 Å². The fraction of sp³-hybridized carbons (Fsp3) is 0.391. The number of nitrogens with one attached hydrogen (secondary N) is 1. The summed E-state index contributed by atoms with van der Waals surface area (Å²) in [6, 6.07) is 10.3. The summed E-state index contributed by atoms with van der Waals surface area (Å²) in [5, 5.41) is 0. The van der Waals surface area contributed by atoms with E-state index in [9.17, 15) is 22.4 Å². The largest absolute Gasteiger partial charge is 0.486 e. The van der Waals surface area contributed by atoms with Crippen molar-refractivity contribution in [3.05, 3.63) is 53.8 Å². The molecule has 0 aliphatic carbocycles. The quantitative estimate of drug-likeness (QED) is 0.377.